The molecule has 2 N–H and O–H groups in total. The number of aliphatic hydroxyl groups excluding tert-OH is 1. The second-order valence-corrected chi connectivity index (χ2v) is 8.65. The van der Waals surface area contributed by atoms with Crippen molar-refractivity contribution in [3.05, 3.63) is 54.1 Å². The van der Waals surface area contributed by atoms with Gasteiger partial charge in [-0.1, -0.05) is 6.08 Å². The summed E-state index contributed by atoms with van der Waals surface area (Å²) < 4.78 is 19.4. The van der Waals surface area contributed by atoms with Gasteiger partial charge in [0.15, 0.2) is 0 Å². The lowest BCUT2D eigenvalue weighted by Gasteiger charge is -2.28. The van der Waals surface area contributed by atoms with Crippen molar-refractivity contribution in [3.63, 3.8) is 0 Å². The number of nitrogens with one attached hydrogen (secondary N) is 1. The summed E-state index contributed by atoms with van der Waals surface area (Å²) in [4.78, 5) is 24.4. The van der Waals surface area contributed by atoms with Gasteiger partial charge < -0.3 is 19.7 Å². The first-order valence-electron chi connectivity index (χ1n) is 11.2. The standard InChI is InChI=1S/C25H27FN4O3/c1-33-23-3-2-17(26)12-20(23)19-4-8-27-25-21(19)13-22(28-25)16-5-10-30(11-6-16)24(32)15-29-9-7-18(31)14-29/h2-5,8,12-13,18,31H,6-7,9-11,14-15H2,1H3,(H,27,28). The van der Waals surface area contributed by atoms with E-state index >= 15 is 0 Å². The van der Waals surface area contributed by atoms with Crippen molar-refractivity contribution in [1.29, 1.82) is 0 Å². The summed E-state index contributed by atoms with van der Waals surface area (Å²) >= 11 is 0. The molecular formula is C25H27FN4O3. The summed E-state index contributed by atoms with van der Waals surface area (Å²) in [7, 11) is 1.57. The van der Waals surface area contributed by atoms with Gasteiger partial charge >= 0.3 is 0 Å². The van der Waals surface area contributed by atoms with Crippen molar-refractivity contribution in [2.75, 3.05) is 39.8 Å². The van der Waals surface area contributed by atoms with E-state index < -0.39 is 0 Å². The topological polar surface area (TPSA) is 81.7 Å². The van der Waals surface area contributed by atoms with E-state index in [-0.39, 0.29) is 17.8 Å². The van der Waals surface area contributed by atoms with Crippen LogP contribution in [-0.4, -0.2) is 76.7 Å². The number of β-amino-alcohol motifs (C(OH)–C–C–N with tert-alkyl or cyclic N) is 1. The van der Waals surface area contributed by atoms with E-state index in [0.717, 1.165) is 47.3 Å². The Bertz CT molecular complexity index is 1220. The molecule has 1 aromatic carbocycles. The van der Waals surface area contributed by atoms with E-state index in [1.165, 1.54) is 12.1 Å². The van der Waals surface area contributed by atoms with Crippen LogP contribution < -0.4 is 4.74 Å². The van der Waals surface area contributed by atoms with Crippen molar-refractivity contribution in [1.82, 2.24) is 19.8 Å². The lowest BCUT2D eigenvalue weighted by Crippen LogP contribution is -2.41. The largest absolute Gasteiger partial charge is 0.496 e. The van der Waals surface area contributed by atoms with E-state index in [1.807, 2.05) is 21.9 Å². The summed E-state index contributed by atoms with van der Waals surface area (Å²) in [6.07, 6.45) is 4.92. The molecule has 1 unspecified atom stereocenters. The van der Waals surface area contributed by atoms with Crippen LogP contribution in [0.25, 0.3) is 27.7 Å². The summed E-state index contributed by atoms with van der Waals surface area (Å²) in [5.41, 5.74) is 4.33. The molecule has 0 radical (unpaired) electrons. The number of pyridine rings is 1. The molecule has 172 valence electrons. The highest BCUT2D eigenvalue weighted by molar-refractivity contribution is 5.96. The monoisotopic (exact) mass is 450 g/mol. The number of carbonyl (C=O) groups is 1. The number of carbonyl (C=O) groups excluding carboxylic acids is 1. The molecule has 33 heavy (non-hydrogen) atoms. The number of methoxy groups -OCH3 is 1. The van der Waals surface area contributed by atoms with Crippen LogP contribution in [0.3, 0.4) is 0 Å². The Morgan fingerprint density at radius 1 is 1.27 bits per heavy atom. The first-order valence-corrected chi connectivity index (χ1v) is 11.2. The maximum atomic E-state index is 14.0. The smallest absolute Gasteiger partial charge is 0.237 e. The van der Waals surface area contributed by atoms with E-state index in [4.69, 9.17) is 4.74 Å². The molecule has 1 fully saturated rings. The summed E-state index contributed by atoms with van der Waals surface area (Å²) in [5, 5.41) is 10.6. The van der Waals surface area contributed by atoms with Gasteiger partial charge in [0.1, 0.15) is 17.2 Å². The number of hydrogen-bond acceptors (Lipinski definition) is 5. The van der Waals surface area contributed by atoms with Gasteiger partial charge in [0.25, 0.3) is 0 Å². The molecule has 0 saturated carbocycles. The molecule has 1 atom stereocenters. The van der Waals surface area contributed by atoms with E-state index in [0.29, 0.717) is 37.5 Å². The predicted octanol–water partition coefficient (Wildman–Crippen LogP) is 3.06. The normalized spacial score (nSPS) is 19.2. The third-order valence-electron chi connectivity index (χ3n) is 6.50. The number of rotatable bonds is 5. The van der Waals surface area contributed by atoms with Crippen molar-refractivity contribution in [2.45, 2.75) is 18.9 Å². The van der Waals surface area contributed by atoms with Gasteiger partial charge in [-0.2, -0.15) is 0 Å². The van der Waals surface area contributed by atoms with E-state index in [1.54, 1.807) is 19.4 Å². The number of aromatic amines is 1. The minimum Gasteiger partial charge on any atom is -0.496 e. The van der Waals surface area contributed by atoms with E-state index in [9.17, 15) is 14.3 Å². The number of likely N-dealkylation sites (tertiary alicyclic amines) is 1. The van der Waals surface area contributed by atoms with Crippen molar-refractivity contribution in [2.24, 2.45) is 0 Å². The average molecular weight is 451 g/mol. The third kappa shape index (κ3) is 4.36. The Morgan fingerprint density at radius 3 is 2.88 bits per heavy atom. The number of fused-ring (bicyclic) bond motifs is 1. The average Bonchev–Trinajstić information content (AvgIpc) is 3.45. The fraction of sp³-hybridized carbons (Fsp3) is 0.360. The summed E-state index contributed by atoms with van der Waals surface area (Å²) in [5.74, 6) is 0.371. The molecule has 0 bridgehead atoms. The fourth-order valence-electron chi connectivity index (χ4n) is 4.71. The number of H-pyrrole nitrogens is 1. The molecule has 1 amide bonds. The van der Waals surface area contributed by atoms with Gasteiger partial charge in [0, 0.05) is 49.0 Å². The van der Waals surface area contributed by atoms with Crippen LogP contribution in [-0.2, 0) is 4.79 Å². The molecule has 0 aliphatic carbocycles. The van der Waals surface area contributed by atoms with Gasteiger partial charge in [0.05, 0.1) is 19.8 Å². The van der Waals surface area contributed by atoms with Crippen LogP contribution in [0, 0.1) is 5.82 Å². The zero-order chi connectivity index (χ0) is 22.9. The highest BCUT2D eigenvalue weighted by atomic mass is 19.1. The molecule has 0 spiro atoms. The van der Waals surface area contributed by atoms with Gasteiger partial charge in [-0.15, -0.1) is 0 Å². The van der Waals surface area contributed by atoms with Crippen LogP contribution in [0.1, 0.15) is 18.5 Å². The van der Waals surface area contributed by atoms with Crippen LogP contribution in [0.4, 0.5) is 4.39 Å². The highest BCUT2D eigenvalue weighted by Gasteiger charge is 2.25. The van der Waals surface area contributed by atoms with Crippen LogP contribution in [0.5, 0.6) is 5.75 Å². The maximum absolute atomic E-state index is 14.0. The Hall–Kier alpha value is -3.23. The molecule has 4 heterocycles. The lowest BCUT2D eigenvalue weighted by molar-refractivity contribution is -0.131. The maximum Gasteiger partial charge on any atom is 0.237 e. The number of amides is 1. The van der Waals surface area contributed by atoms with Gasteiger partial charge in [-0.25, -0.2) is 9.37 Å². The summed E-state index contributed by atoms with van der Waals surface area (Å²) in [6.45, 7) is 2.89. The zero-order valence-corrected chi connectivity index (χ0v) is 18.6. The molecule has 2 aromatic heterocycles. The number of benzene rings is 1. The van der Waals surface area contributed by atoms with Crippen molar-refractivity contribution >= 4 is 22.5 Å². The second kappa shape index (κ2) is 8.96. The van der Waals surface area contributed by atoms with Crippen LogP contribution in [0.2, 0.25) is 0 Å². The van der Waals surface area contributed by atoms with Crippen LogP contribution in [0.15, 0.2) is 42.6 Å². The quantitative estimate of drug-likeness (QED) is 0.625. The fourth-order valence-corrected chi connectivity index (χ4v) is 4.71. The number of aliphatic hydroxyl groups is 1. The minimum absolute atomic E-state index is 0.0956. The van der Waals surface area contributed by atoms with Gasteiger partial charge in [-0.3, -0.25) is 9.69 Å². The minimum atomic E-state index is -0.324. The van der Waals surface area contributed by atoms with Crippen LogP contribution >= 0.6 is 0 Å². The third-order valence-corrected chi connectivity index (χ3v) is 6.50. The van der Waals surface area contributed by atoms with Crippen molar-refractivity contribution < 1.29 is 19.0 Å². The zero-order valence-electron chi connectivity index (χ0n) is 18.6. The number of halogens is 1. The molecule has 7 nitrogen and oxygen atoms in total. The molecule has 2 aliphatic rings. The van der Waals surface area contributed by atoms with Crippen molar-refractivity contribution in [3.8, 4) is 16.9 Å². The second-order valence-electron chi connectivity index (χ2n) is 8.65. The number of hydrogen-bond donors (Lipinski definition) is 2. The first kappa shape index (κ1) is 21.6. The SMILES string of the molecule is COc1ccc(F)cc1-c1ccnc2[nH]c(C3=CCN(C(=O)CN4CCC(O)C4)CC3)cc12. The molecule has 1 saturated heterocycles. The van der Waals surface area contributed by atoms with E-state index in [2.05, 4.69) is 16.0 Å². The Balaban J connectivity index is 1.37. The predicted molar refractivity (Wildman–Crippen MR) is 124 cm³/mol. The molecule has 5 rings (SSSR count). The number of nitrogens with zero attached hydrogens (tertiary/aromatic N) is 3. The highest BCUT2D eigenvalue weighted by Crippen LogP contribution is 2.36. The molecule has 3 aromatic rings. The van der Waals surface area contributed by atoms with Gasteiger partial charge in [0.2, 0.25) is 5.91 Å². The Kier molecular flexibility index (Phi) is 5.86. The van der Waals surface area contributed by atoms with Gasteiger partial charge in [-0.05, 0) is 54.3 Å². The molecule has 8 heteroatoms. The number of ether oxygens (including phenoxy) is 1. The Labute approximate surface area is 191 Å². The molecule has 2 aliphatic heterocycles. The summed E-state index contributed by atoms with van der Waals surface area (Å²) in [6, 6.07) is 8.39. The first-order chi connectivity index (χ1) is 16.0. The molecular weight excluding hydrogens is 423 g/mol. The Morgan fingerprint density at radius 2 is 2.15 bits per heavy atom. The number of aromatic nitrogens is 2. The lowest BCUT2D eigenvalue weighted by atomic mass is 10.0.